The summed E-state index contributed by atoms with van der Waals surface area (Å²) in [5, 5.41) is 19.9. The number of rotatable bonds is 7. The Bertz CT molecular complexity index is 969. The molecule has 0 saturated carbocycles. The molecule has 0 bridgehead atoms. The fourth-order valence-electron chi connectivity index (χ4n) is 2.82. The molecule has 1 atom stereocenters. The van der Waals surface area contributed by atoms with E-state index in [0.717, 1.165) is 16.3 Å². The standard InChI is InChI=1S/C21H19N3O2S/c25-18(17-10-5-2-6-11-17)15-27-21-23-22-20(19-12-7-13-26-19)24(21)14-16-8-3-1-4-9-16/h1-13,18,25H,14-15H2. The zero-order valence-electron chi connectivity index (χ0n) is 14.6. The normalized spacial score (nSPS) is 12.2. The SMILES string of the molecule is OC(CSc1nnc(-c2ccco2)n1Cc1ccccc1)c1ccccc1. The number of aliphatic hydroxyl groups excluding tert-OH is 1. The maximum Gasteiger partial charge on any atom is 0.200 e. The van der Waals surface area contributed by atoms with Crippen molar-refractivity contribution in [3.63, 3.8) is 0 Å². The van der Waals surface area contributed by atoms with Gasteiger partial charge in [0.05, 0.1) is 18.9 Å². The molecule has 5 nitrogen and oxygen atoms in total. The Morgan fingerprint density at radius 3 is 2.37 bits per heavy atom. The van der Waals surface area contributed by atoms with E-state index >= 15 is 0 Å². The average Bonchev–Trinajstić information content (AvgIpc) is 3.38. The van der Waals surface area contributed by atoms with E-state index in [1.807, 2.05) is 65.2 Å². The van der Waals surface area contributed by atoms with Gasteiger partial charge < -0.3 is 9.52 Å². The van der Waals surface area contributed by atoms with Gasteiger partial charge in [0.2, 0.25) is 5.82 Å². The van der Waals surface area contributed by atoms with Crippen LogP contribution in [0.3, 0.4) is 0 Å². The van der Waals surface area contributed by atoms with Crippen molar-refractivity contribution in [1.29, 1.82) is 0 Å². The van der Waals surface area contributed by atoms with Crippen LogP contribution in [0.2, 0.25) is 0 Å². The third-order valence-corrected chi connectivity index (χ3v) is 5.24. The first-order valence-electron chi connectivity index (χ1n) is 8.68. The summed E-state index contributed by atoms with van der Waals surface area (Å²) in [7, 11) is 0. The lowest BCUT2D eigenvalue weighted by atomic mass is 10.1. The second kappa shape index (κ2) is 8.24. The number of aromatic nitrogens is 3. The van der Waals surface area contributed by atoms with Crippen molar-refractivity contribution in [1.82, 2.24) is 14.8 Å². The first kappa shape index (κ1) is 17.6. The number of thioether (sulfide) groups is 1. The fraction of sp³-hybridized carbons (Fsp3) is 0.143. The average molecular weight is 377 g/mol. The van der Waals surface area contributed by atoms with E-state index in [0.29, 0.717) is 23.9 Å². The number of furan rings is 1. The summed E-state index contributed by atoms with van der Waals surface area (Å²) < 4.78 is 7.55. The Hall–Kier alpha value is -2.83. The molecule has 0 amide bonds. The molecule has 0 fully saturated rings. The van der Waals surface area contributed by atoms with Crippen LogP contribution in [0, 0.1) is 0 Å². The van der Waals surface area contributed by atoms with Gasteiger partial charge in [-0.05, 0) is 23.3 Å². The van der Waals surface area contributed by atoms with Gasteiger partial charge in [-0.15, -0.1) is 10.2 Å². The van der Waals surface area contributed by atoms with E-state index in [1.54, 1.807) is 6.26 Å². The highest BCUT2D eigenvalue weighted by molar-refractivity contribution is 7.99. The molecule has 0 radical (unpaired) electrons. The van der Waals surface area contributed by atoms with Gasteiger partial charge in [0, 0.05) is 5.75 Å². The summed E-state index contributed by atoms with van der Waals surface area (Å²) in [5.74, 6) is 1.85. The van der Waals surface area contributed by atoms with Crippen molar-refractivity contribution in [2.45, 2.75) is 17.8 Å². The summed E-state index contributed by atoms with van der Waals surface area (Å²) >= 11 is 1.49. The fourth-order valence-corrected chi connectivity index (χ4v) is 3.72. The third-order valence-electron chi connectivity index (χ3n) is 4.20. The highest BCUT2D eigenvalue weighted by Gasteiger charge is 2.18. The van der Waals surface area contributed by atoms with Gasteiger partial charge in [-0.3, -0.25) is 4.57 Å². The molecule has 1 N–H and O–H groups in total. The smallest absolute Gasteiger partial charge is 0.200 e. The van der Waals surface area contributed by atoms with E-state index in [4.69, 9.17) is 4.42 Å². The van der Waals surface area contributed by atoms with Crippen LogP contribution in [-0.4, -0.2) is 25.6 Å². The molecule has 2 aromatic heterocycles. The van der Waals surface area contributed by atoms with Crippen molar-refractivity contribution in [2.24, 2.45) is 0 Å². The zero-order valence-corrected chi connectivity index (χ0v) is 15.4. The number of nitrogens with zero attached hydrogens (tertiary/aromatic N) is 3. The second-order valence-electron chi connectivity index (χ2n) is 6.09. The van der Waals surface area contributed by atoms with E-state index in [1.165, 1.54) is 11.8 Å². The molecule has 2 heterocycles. The molecule has 2 aromatic carbocycles. The van der Waals surface area contributed by atoms with Crippen LogP contribution in [0.1, 0.15) is 17.2 Å². The highest BCUT2D eigenvalue weighted by atomic mass is 32.2. The van der Waals surface area contributed by atoms with Crippen LogP contribution in [-0.2, 0) is 6.54 Å². The van der Waals surface area contributed by atoms with Crippen LogP contribution in [0.25, 0.3) is 11.6 Å². The predicted octanol–water partition coefficient (Wildman–Crippen LogP) is 4.41. The zero-order chi connectivity index (χ0) is 18.5. The molecular formula is C21H19N3O2S. The lowest BCUT2D eigenvalue weighted by Crippen LogP contribution is -2.06. The van der Waals surface area contributed by atoms with Crippen molar-refractivity contribution >= 4 is 11.8 Å². The summed E-state index contributed by atoms with van der Waals surface area (Å²) in [6.45, 7) is 0.633. The highest BCUT2D eigenvalue weighted by Crippen LogP contribution is 2.28. The lowest BCUT2D eigenvalue weighted by molar-refractivity contribution is 0.204. The number of hydrogen-bond acceptors (Lipinski definition) is 5. The van der Waals surface area contributed by atoms with Gasteiger partial charge >= 0.3 is 0 Å². The summed E-state index contributed by atoms with van der Waals surface area (Å²) in [6, 6.07) is 23.5. The van der Waals surface area contributed by atoms with Crippen molar-refractivity contribution in [2.75, 3.05) is 5.75 Å². The largest absolute Gasteiger partial charge is 0.461 e. The Kier molecular flexibility index (Phi) is 5.37. The minimum Gasteiger partial charge on any atom is -0.461 e. The van der Waals surface area contributed by atoms with Crippen LogP contribution in [0.4, 0.5) is 0 Å². The Morgan fingerprint density at radius 1 is 0.926 bits per heavy atom. The molecule has 0 aliphatic carbocycles. The molecule has 0 aliphatic heterocycles. The first-order valence-corrected chi connectivity index (χ1v) is 9.66. The van der Waals surface area contributed by atoms with Gasteiger partial charge in [0.25, 0.3) is 0 Å². The molecule has 0 spiro atoms. The number of hydrogen-bond donors (Lipinski definition) is 1. The van der Waals surface area contributed by atoms with E-state index < -0.39 is 6.10 Å². The van der Waals surface area contributed by atoms with Gasteiger partial charge in [0.15, 0.2) is 10.9 Å². The minimum atomic E-state index is -0.565. The van der Waals surface area contributed by atoms with Crippen LogP contribution in [0.15, 0.2) is 88.6 Å². The monoisotopic (exact) mass is 377 g/mol. The molecule has 6 heteroatoms. The van der Waals surface area contributed by atoms with E-state index in [9.17, 15) is 5.11 Å². The molecular weight excluding hydrogens is 358 g/mol. The van der Waals surface area contributed by atoms with Crippen LogP contribution >= 0.6 is 11.8 Å². The second-order valence-corrected chi connectivity index (χ2v) is 7.08. The molecule has 0 aliphatic rings. The summed E-state index contributed by atoms with van der Waals surface area (Å²) in [6.07, 6.45) is 1.06. The summed E-state index contributed by atoms with van der Waals surface area (Å²) in [5.41, 5.74) is 2.04. The number of benzene rings is 2. The molecule has 4 aromatic rings. The van der Waals surface area contributed by atoms with Gasteiger partial charge in [-0.1, -0.05) is 72.4 Å². The minimum absolute atomic E-state index is 0.495. The summed E-state index contributed by atoms with van der Waals surface area (Å²) in [4.78, 5) is 0. The Morgan fingerprint density at radius 2 is 1.67 bits per heavy atom. The van der Waals surface area contributed by atoms with Gasteiger partial charge in [-0.2, -0.15) is 0 Å². The topological polar surface area (TPSA) is 64.1 Å². The number of aliphatic hydroxyl groups is 1. The molecule has 1 unspecified atom stereocenters. The van der Waals surface area contributed by atoms with Crippen LogP contribution < -0.4 is 0 Å². The molecule has 0 saturated heterocycles. The Balaban J connectivity index is 1.58. The van der Waals surface area contributed by atoms with Gasteiger partial charge in [-0.25, -0.2) is 0 Å². The molecule has 27 heavy (non-hydrogen) atoms. The molecule has 4 rings (SSSR count). The van der Waals surface area contributed by atoms with E-state index in [2.05, 4.69) is 22.3 Å². The first-order chi connectivity index (χ1) is 13.3. The van der Waals surface area contributed by atoms with Crippen molar-refractivity contribution in [3.05, 3.63) is 90.2 Å². The van der Waals surface area contributed by atoms with Gasteiger partial charge in [0.1, 0.15) is 0 Å². The Labute approximate surface area is 161 Å². The maximum absolute atomic E-state index is 10.5. The predicted molar refractivity (Wildman–Crippen MR) is 105 cm³/mol. The van der Waals surface area contributed by atoms with E-state index in [-0.39, 0.29) is 0 Å². The quantitative estimate of drug-likeness (QED) is 0.483. The molecule has 136 valence electrons. The van der Waals surface area contributed by atoms with Crippen molar-refractivity contribution < 1.29 is 9.52 Å². The van der Waals surface area contributed by atoms with Crippen molar-refractivity contribution in [3.8, 4) is 11.6 Å². The third kappa shape index (κ3) is 4.13. The van der Waals surface area contributed by atoms with Crippen LogP contribution in [0.5, 0.6) is 0 Å². The lowest BCUT2D eigenvalue weighted by Gasteiger charge is -2.12. The maximum atomic E-state index is 10.5.